The van der Waals surface area contributed by atoms with E-state index in [2.05, 4.69) is 0 Å². The Kier molecular flexibility index (Phi) is 4.75. The normalized spacial score (nSPS) is 10.4. The molecule has 0 radical (unpaired) electrons. The second-order valence-electron chi connectivity index (χ2n) is 4.68. The van der Waals surface area contributed by atoms with Gasteiger partial charge >= 0.3 is 0 Å². The van der Waals surface area contributed by atoms with Gasteiger partial charge in [0.25, 0.3) is 5.56 Å². The fourth-order valence-electron chi connectivity index (χ4n) is 2.23. The van der Waals surface area contributed by atoms with E-state index in [4.69, 9.17) is 22.7 Å². The summed E-state index contributed by atoms with van der Waals surface area (Å²) in [5, 5.41) is 0. The van der Waals surface area contributed by atoms with Gasteiger partial charge in [-0.25, -0.2) is 0 Å². The quantitative estimate of drug-likeness (QED) is 0.863. The van der Waals surface area contributed by atoms with Crippen molar-refractivity contribution in [1.29, 1.82) is 0 Å². The van der Waals surface area contributed by atoms with Gasteiger partial charge in [0.05, 0.1) is 18.4 Å². The number of aromatic nitrogens is 1. The Bertz CT molecular complexity index is 705. The summed E-state index contributed by atoms with van der Waals surface area (Å²) in [5.74, 6) is 0.780. The SMILES string of the molecule is CCCn1c(-c2ccc(OC)cc2)ccc(C(N)=S)c1=O. The summed E-state index contributed by atoms with van der Waals surface area (Å²) in [7, 11) is 1.62. The van der Waals surface area contributed by atoms with Crippen LogP contribution in [0.1, 0.15) is 18.9 Å². The minimum Gasteiger partial charge on any atom is -0.497 e. The van der Waals surface area contributed by atoms with E-state index in [0.717, 1.165) is 23.4 Å². The minimum absolute atomic E-state index is 0.131. The molecule has 0 aliphatic carbocycles. The number of hydrogen-bond donors (Lipinski definition) is 1. The number of hydrogen-bond acceptors (Lipinski definition) is 3. The van der Waals surface area contributed by atoms with E-state index in [1.54, 1.807) is 17.7 Å². The lowest BCUT2D eigenvalue weighted by Crippen LogP contribution is -2.29. The predicted molar refractivity (Wildman–Crippen MR) is 88.9 cm³/mol. The van der Waals surface area contributed by atoms with E-state index in [1.165, 1.54) is 0 Å². The van der Waals surface area contributed by atoms with Crippen molar-refractivity contribution in [3.8, 4) is 17.0 Å². The fraction of sp³-hybridized carbons (Fsp3) is 0.250. The molecule has 4 nitrogen and oxygen atoms in total. The van der Waals surface area contributed by atoms with Crippen LogP contribution in [0.2, 0.25) is 0 Å². The van der Waals surface area contributed by atoms with Gasteiger partial charge in [-0.15, -0.1) is 0 Å². The van der Waals surface area contributed by atoms with Gasteiger partial charge in [-0.05, 0) is 48.4 Å². The molecule has 2 rings (SSSR count). The van der Waals surface area contributed by atoms with Crippen molar-refractivity contribution in [3.05, 3.63) is 52.3 Å². The summed E-state index contributed by atoms with van der Waals surface area (Å²) >= 11 is 4.93. The van der Waals surface area contributed by atoms with Gasteiger partial charge in [0, 0.05) is 6.54 Å². The summed E-state index contributed by atoms with van der Waals surface area (Å²) in [4.78, 5) is 12.6. The van der Waals surface area contributed by atoms with Crippen molar-refractivity contribution in [2.45, 2.75) is 19.9 Å². The third-order valence-electron chi connectivity index (χ3n) is 3.27. The Hall–Kier alpha value is -2.14. The average molecular weight is 302 g/mol. The molecular weight excluding hydrogens is 284 g/mol. The third kappa shape index (κ3) is 3.13. The first-order chi connectivity index (χ1) is 10.1. The number of benzene rings is 1. The van der Waals surface area contributed by atoms with Crippen molar-refractivity contribution < 1.29 is 4.74 Å². The fourth-order valence-corrected chi connectivity index (χ4v) is 2.38. The molecule has 5 heteroatoms. The molecule has 0 fully saturated rings. The van der Waals surface area contributed by atoms with Crippen LogP contribution in [0.25, 0.3) is 11.3 Å². The standard InChI is InChI=1S/C16H18N2O2S/c1-3-10-18-14(9-8-13(15(17)21)16(18)19)11-4-6-12(20-2)7-5-11/h4-9H,3,10H2,1-2H3,(H2,17,21). The summed E-state index contributed by atoms with van der Waals surface area (Å²) in [5.41, 5.74) is 7.66. The number of ether oxygens (including phenoxy) is 1. The van der Waals surface area contributed by atoms with Gasteiger partial charge in [-0.1, -0.05) is 19.1 Å². The highest BCUT2D eigenvalue weighted by Gasteiger charge is 2.11. The van der Waals surface area contributed by atoms with Crippen LogP contribution in [-0.2, 0) is 6.54 Å². The first kappa shape index (κ1) is 15.3. The van der Waals surface area contributed by atoms with Crippen LogP contribution in [0.5, 0.6) is 5.75 Å². The van der Waals surface area contributed by atoms with E-state index in [-0.39, 0.29) is 10.5 Å². The molecule has 0 amide bonds. The van der Waals surface area contributed by atoms with E-state index in [0.29, 0.717) is 12.1 Å². The van der Waals surface area contributed by atoms with Crippen molar-refractivity contribution >= 4 is 17.2 Å². The zero-order valence-electron chi connectivity index (χ0n) is 12.1. The van der Waals surface area contributed by atoms with E-state index >= 15 is 0 Å². The maximum Gasteiger partial charge on any atom is 0.261 e. The molecule has 21 heavy (non-hydrogen) atoms. The van der Waals surface area contributed by atoms with Crippen LogP contribution in [0.3, 0.4) is 0 Å². The van der Waals surface area contributed by atoms with Crippen molar-refractivity contribution in [2.75, 3.05) is 7.11 Å². The van der Waals surface area contributed by atoms with Crippen LogP contribution in [-0.4, -0.2) is 16.7 Å². The van der Waals surface area contributed by atoms with Gasteiger partial charge in [-0.2, -0.15) is 0 Å². The van der Waals surface area contributed by atoms with E-state index in [1.807, 2.05) is 37.3 Å². The smallest absolute Gasteiger partial charge is 0.261 e. The molecule has 1 heterocycles. The lowest BCUT2D eigenvalue weighted by Gasteiger charge is -2.14. The number of rotatable bonds is 5. The Morgan fingerprint density at radius 2 is 1.90 bits per heavy atom. The zero-order chi connectivity index (χ0) is 15.4. The number of pyridine rings is 1. The van der Waals surface area contributed by atoms with Gasteiger partial charge < -0.3 is 15.0 Å². The Balaban J connectivity index is 2.59. The van der Waals surface area contributed by atoms with Gasteiger partial charge in [0.2, 0.25) is 0 Å². The van der Waals surface area contributed by atoms with Crippen molar-refractivity contribution in [3.63, 3.8) is 0 Å². The molecule has 0 unspecified atom stereocenters. The monoisotopic (exact) mass is 302 g/mol. The average Bonchev–Trinajstić information content (AvgIpc) is 2.49. The van der Waals surface area contributed by atoms with E-state index in [9.17, 15) is 4.79 Å². The largest absolute Gasteiger partial charge is 0.497 e. The molecule has 0 saturated carbocycles. The molecule has 2 N–H and O–H groups in total. The number of methoxy groups -OCH3 is 1. The van der Waals surface area contributed by atoms with Crippen LogP contribution in [0, 0.1) is 0 Å². The minimum atomic E-state index is -0.141. The van der Waals surface area contributed by atoms with Gasteiger partial charge in [0.1, 0.15) is 10.7 Å². The Morgan fingerprint density at radius 1 is 1.24 bits per heavy atom. The number of nitrogens with zero attached hydrogens (tertiary/aromatic N) is 1. The van der Waals surface area contributed by atoms with Crippen LogP contribution < -0.4 is 16.0 Å². The molecule has 0 aliphatic heterocycles. The highest BCUT2D eigenvalue weighted by atomic mass is 32.1. The third-order valence-corrected chi connectivity index (χ3v) is 3.49. The summed E-state index contributed by atoms with van der Waals surface area (Å²) in [6, 6.07) is 11.2. The molecule has 0 saturated heterocycles. The summed E-state index contributed by atoms with van der Waals surface area (Å²) in [6.45, 7) is 2.65. The molecule has 110 valence electrons. The number of thiocarbonyl (C=S) groups is 1. The molecule has 1 aromatic heterocycles. The first-order valence-corrected chi connectivity index (χ1v) is 7.17. The molecule has 1 aromatic carbocycles. The second kappa shape index (κ2) is 6.54. The van der Waals surface area contributed by atoms with Gasteiger partial charge in [-0.3, -0.25) is 4.79 Å². The highest BCUT2D eigenvalue weighted by Crippen LogP contribution is 2.22. The lowest BCUT2D eigenvalue weighted by atomic mass is 10.1. The Labute approximate surface area is 129 Å². The summed E-state index contributed by atoms with van der Waals surface area (Å²) in [6.07, 6.45) is 0.851. The van der Waals surface area contributed by atoms with Crippen LogP contribution in [0.15, 0.2) is 41.2 Å². The number of nitrogens with two attached hydrogens (primary N) is 1. The molecule has 0 bridgehead atoms. The molecule has 0 aliphatic rings. The predicted octanol–water partition coefficient (Wildman–Crippen LogP) is 2.57. The van der Waals surface area contributed by atoms with Crippen LogP contribution in [0.4, 0.5) is 0 Å². The Morgan fingerprint density at radius 3 is 2.43 bits per heavy atom. The molecule has 2 aromatic rings. The van der Waals surface area contributed by atoms with Gasteiger partial charge in [0.15, 0.2) is 0 Å². The maximum absolute atomic E-state index is 12.5. The zero-order valence-corrected chi connectivity index (χ0v) is 12.9. The van der Waals surface area contributed by atoms with E-state index < -0.39 is 0 Å². The lowest BCUT2D eigenvalue weighted by molar-refractivity contribution is 0.415. The first-order valence-electron chi connectivity index (χ1n) is 6.76. The maximum atomic E-state index is 12.5. The molecular formula is C16H18N2O2S. The topological polar surface area (TPSA) is 57.2 Å². The van der Waals surface area contributed by atoms with Crippen molar-refractivity contribution in [1.82, 2.24) is 4.57 Å². The van der Waals surface area contributed by atoms with Crippen LogP contribution >= 0.6 is 12.2 Å². The second-order valence-corrected chi connectivity index (χ2v) is 5.12. The van der Waals surface area contributed by atoms with Crippen molar-refractivity contribution in [2.24, 2.45) is 5.73 Å². The molecule has 0 atom stereocenters. The molecule has 0 spiro atoms. The summed E-state index contributed by atoms with van der Waals surface area (Å²) < 4.78 is 6.87. The highest BCUT2D eigenvalue weighted by molar-refractivity contribution is 7.80.